The van der Waals surface area contributed by atoms with Crippen molar-refractivity contribution in [3.05, 3.63) is 53.8 Å². The van der Waals surface area contributed by atoms with E-state index in [2.05, 4.69) is 4.74 Å². The van der Waals surface area contributed by atoms with E-state index in [1.54, 1.807) is 24.3 Å². The Morgan fingerprint density at radius 1 is 1.29 bits per heavy atom. The highest BCUT2D eigenvalue weighted by atomic mass is 19.1. The fraction of sp³-hybridized carbons (Fsp3) is 0.188. The van der Waals surface area contributed by atoms with Gasteiger partial charge in [0.25, 0.3) is 0 Å². The Labute approximate surface area is 122 Å². The molecule has 0 radical (unpaired) electrons. The number of phenols is 1. The first-order chi connectivity index (χ1) is 10.0. The van der Waals surface area contributed by atoms with Gasteiger partial charge in [-0.25, -0.2) is 4.39 Å². The monoisotopic (exact) mass is 289 g/mol. The number of aromatic hydroxyl groups is 1. The first kappa shape index (κ1) is 15.0. The van der Waals surface area contributed by atoms with Crippen LogP contribution in [0.1, 0.15) is 5.56 Å². The summed E-state index contributed by atoms with van der Waals surface area (Å²) in [5.74, 6) is -0.759. The van der Waals surface area contributed by atoms with Gasteiger partial charge in [0, 0.05) is 5.56 Å². The lowest BCUT2D eigenvalue weighted by Gasteiger charge is -2.11. The molecule has 0 heterocycles. The van der Waals surface area contributed by atoms with Gasteiger partial charge in [-0.15, -0.1) is 0 Å². The van der Waals surface area contributed by atoms with Gasteiger partial charge >= 0.3 is 5.97 Å². The maximum atomic E-state index is 13.0. The number of phenolic OH excluding ortho intramolecular Hbond substituents is 1. The molecule has 2 aromatic rings. The highest BCUT2D eigenvalue weighted by Gasteiger charge is 2.15. The van der Waals surface area contributed by atoms with Gasteiger partial charge in [-0.2, -0.15) is 0 Å². The van der Waals surface area contributed by atoms with Gasteiger partial charge in [-0.05, 0) is 41.8 Å². The summed E-state index contributed by atoms with van der Waals surface area (Å²) in [6, 6.07) is 9.97. The number of hydrogen-bond acceptors (Lipinski definition) is 4. The van der Waals surface area contributed by atoms with Crippen LogP contribution in [0.2, 0.25) is 0 Å². The van der Waals surface area contributed by atoms with Crippen LogP contribution in [0, 0.1) is 5.82 Å². The molecule has 5 heteroatoms. The predicted octanol–water partition coefficient (Wildman–Crippen LogP) is 2.24. The molecule has 0 fully saturated rings. The Morgan fingerprint density at radius 2 is 1.95 bits per heavy atom. The Bertz CT molecular complexity index is 640. The zero-order valence-corrected chi connectivity index (χ0v) is 11.5. The number of methoxy groups -OCH3 is 1. The van der Waals surface area contributed by atoms with E-state index in [9.17, 15) is 14.3 Å². The molecule has 1 unspecified atom stereocenters. The van der Waals surface area contributed by atoms with Gasteiger partial charge in [-0.3, -0.25) is 4.79 Å². The molecule has 3 N–H and O–H groups in total. The Hall–Kier alpha value is -2.40. The molecular formula is C16H16FNO3. The molecule has 0 bridgehead atoms. The topological polar surface area (TPSA) is 72.5 Å². The lowest BCUT2D eigenvalue weighted by atomic mass is 9.98. The van der Waals surface area contributed by atoms with E-state index in [4.69, 9.17) is 5.73 Å². The second-order valence-corrected chi connectivity index (χ2v) is 4.69. The van der Waals surface area contributed by atoms with E-state index in [1.807, 2.05) is 0 Å². The third-order valence-electron chi connectivity index (χ3n) is 3.18. The highest BCUT2D eigenvalue weighted by Crippen LogP contribution is 2.30. The van der Waals surface area contributed by atoms with Crippen molar-refractivity contribution in [3.63, 3.8) is 0 Å². The molecule has 2 rings (SSSR count). The molecule has 110 valence electrons. The van der Waals surface area contributed by atoms with Crippen LogP contribution in [0.4, 0.5) is 4.39 Å². The van der Waals surface area contributed by atoms with Crippen LogP contribution in [-0.4, -0.2) is 24.2 Å². The van der Waals surface area contributed by atoms with Crippen LogP contribution in [0.25, 0.3) is 11.1 Å². The zero-order valence-electron chi connectivity index (χ0n) is 11.5. The van der Waals surface area contributed by atoms with Crippen molar-refractivity contribution in [3.8, 4) is 16.9 Å². The number of rotatable bonds is 4. The van der Waals surface area contributed by atoms with Crippen molar-refractivity contribution in [2.75, 3.05) is 7.11 Å². The van der Waals surface area contributed by atoms with E-state index < -0.39 is 12.0 Å². The molecule has 0 saturated heterocycles. The third-order valence-corrected chi connectivity index (χ3v) is 3.18. The molecule has 0 aliphatic carbocycles. The number of esters is 1. The van der Waals surface area contributed by atoms with Gasteiger partial charge in [0.1, 0.15) is 17.6 Å². The van der Waals surface area contributed by atoms with E-state index in [1.165, 1.54) is 25.3 Å². The second-order valence-electron chi connectivity index (χ2n) is 4.69. The average molecular weight is 289 g/mol. The smallest absolute Gasteiger partial charge is 0.322 e. The summed E-state index contributed by atoms with van der Waals surface area (Å²) in [5.41, 5.74) is 7.74. The lowest BCUT2D eigenvalue weighted by Crippen LogP contribution is -2.33. The largest absolute Gasteiger partial charge is 0.507 e. The van der Waals surface area contributed by atoms with Crippen molar-refractivity contribution in [2.24, 2.45) is 5.73 Å². The van der Waals surface area contributed by atoms with E-state index >= 15 is 0 Å². The minimum Gasteiger partial charge on any atom is -0.507 e. The molecule has 0 aliphatic heterocycles. The maximum absolute atomic E-state index is 13.0. The van der Waals surface area contributed by atoms with Crippen LogP contribution in [0.5, 0.6) is 5.75 Å². The number of carbonyl (C=O) groups is 1. The van der Waals surface area contributed by atoms with Crippen LogP contribution in [-0.2, 0) is 16.0 Å². The summed E-state index contributed by atoms with van der Waals surface area (Å²) in [6.07, 6.45) is 0.293. The highest BCUT2D eigenvalue weighted by molar-refractivity contribution is 5.76. The Balaban J connectivity index is 2.29. The molecule has 0 aliphatic rings. The maximum Gasteiger partial charge on any atom is 0.322 e. The normalized spacial score (nSPS) is 12.0. The van der Waals surface area contributed by atoms with Crippen LogP contribution in [0.3, 0.4) is 0 Å². The summed E-state index contributed by atoms with van der Waals surface area (Å²) in [4.78, 5) is 11.3. The standard InChI is InChI=1S/C16H16FNO3/c1-21-16(20)14(18)9-10-2-7-15(19)13(8-10)11-3-5-12(17)6-4-11/h2-8,14,19H,9,18H2,1H3. The molecule has 0 spiro atoms. The molecule has 0 amide bonds. The number of halogens is 1. The number of nitrogens with two attached hydrogens (primary N) is 1. The van der Waals surface area contributed by atoms with Gasteiger partial charge in [0.15, 0.2) is 0 Å². The van der Waals surface area contributed by atoms with Crippen molar-refractivity contribution < 1.29 is 19.0 Å². The first-order valence-corrected chi connectivity index (χ1v) is 6.42. The molecule has 2 aromatic carbocycles. The Morgan fingerprint density at radius 3 is 2.57 bits per heavy atom. The zero-order chi connectivity index (χ0) is 15.4. The number of hydrogen-bond donors (Lipinski definition) is 2. The van der Waals surface area contributed by atoms with Gasteiger partial charge in [-0.1, -0.05) is 18.2 Å². The molecule has 0 saturated carbocycles. The minimum absolute atomic E-state index is 0.0806. The number of carbonyl (C=O) groups excluding carboxylic acids is 1. The van der Waals surface area contributed by atoms with Crippen molar-refractivity contribution >= 4 is 5.97 Å². The minimum atomic E-state index is -0.763. The summed E-state index contributed by atoms with van der Waals surface area (Å²) in [6.45, 7) is 0. The quantitative estimate of drug-likeness (QED) is 0.847. The fourth-order valence-corrected chi connectivity index (χ4v) is 2.06. The van der Waals surface area contributed by atoms with Crippen LogP contribution in [0.15, 0.2) is 42.5 Å². The van der Waals surface area contributed by atoms with Gasteiger partial charge < -0.3 is 15.6 Å². The summed E-state index contributed by atoms with van der Waals surface area (Å²) >= 11 is 0. The van der Waals surface area contributed by atoms with Crippen molar-refractivity contribution in [1.29, 1.82) is 0 Å². The van der Waals surface area contributed by atoms with Crippen molar-refractivity contribution in [1.82, 2.24) is 0 Å². The summed E-state index contributed by atoms with van der Waals surface area (Å²) in [5, 5.41) is 9.93. The lowest BCUT2D eigenvalue weighted by molar-refractivity contribution is -0.142. The summed E-state index contributed by atoms with van der Waals surface area (Å²) in [7, 11) is 1.28. The Kier molecular flexibility index (Phi) is 4.55. The van der Waals surface area contributed by atoms with E-state index in [0.717, 1.165) is 5.56 Å². The SMILES string of the molecule is COC(=O)C(N)Cc1ccc(O)c(-c2ccc(F)cc2)c1. The third kappa shape index (κ3) is 3.58. The van der Waals surface area contributed by atoms with Gasteiger partial charge in [0.05, 0.1) is 7.11 Å². The molecule has 1 atom stereocenters. The predicted molar refractivity (Wildman–Crippen MR) is 77.2 cm³/mol. The van der Waals surface area contributed by atoms with E-state index in [0.29, 0.717) is 17.5 Å². The van der Waals surface area contributed by atoms with E-state index in [-0.39, 0.29) is 11.6 Å². The van der Waals surface area contributed by atoms with Gasteiger partial charge in [0.2, 0.25) is 0 Å². The number of ether oxygens (including phenoxy) is 1. The first-order valence-electron chi connectivity index (χ1n) is 6.42. The molecule has 4 nitrogen and oxygen atoms in total. The number of benzene rings is 2. The molecular weight excluding hydrogens is 273 g/mol. The van der Waals surface area contributed by atoms with Crippen LogP contribution < -0.4 is 5.73 Å². The second kappa shape index (κ2) is 6.37. The molecule has 0 aromatic heterocycles. The fourth-order valence-electron chi connectivity index (χ4n) is 2.06. The van der Waals surface area contributed by atoms with Crippen LogP contribution >= 0.6 is 0 Å². The summed E-state index contributed by atoms with van der Waals surface area (Å²) < 4.78 is 17.5. The van der Waals surface area contributed by atoms with Crippen molar-refractivity contribution in [2.45, 2.75) is 12.5 Å². The average Bonchev–Trinajstić information content (AvgIpc) is 2.49. The molecule has 21 heavy (non-hydrogen) atoms.